The second-order valence-electron chi connectivity index (χ2n) is 18.6. The molecule has 2 saturated heterocycles. The van der Waals surface area contributed by atoms with E-state index in [4.69, 9.17) is 19.4 Å². The zero-order valence-corrected chi connectivity index (χ0v) is 38.0. The van der Waals surface area contributed by atoms with Gasteiger partial charge in [-0.15, -0.1) is 0 Å². The summed E-state index contributed by atoms with van der Waals surface area (Å²) in [5.74, 6) is -0.216. The van der Waals surface area contributed by atoms with E-state index in [1.807, 2.05) is 41.6 Å². The van der Waals surface area contributed by atoms with Crippen LogP contribution in [0.15, 0.2) is 89.7 Å². The molecule has 4 aromatic heterocycles. The van der Waals surface area contributed by atoms with Crippen LogP contribution in [-0.2, 0) is 14.8 Å². The predicted molar refractivity (Wildman–Crippen MR) is 254 cm³/mol. The molecule has 0 atom stereocenters. The molecule has 4 aliphatic rings. The standard InChI is InChI=1S/C48H54N10O7S/c1-48(2)12-7-34(39(27-48)35-23-32-8-13-49-44(32)52-29-35)30-55-15-17-56(18-16-55)36-3-5-38(41(25-36)57-19-22-65-47-43(57)24-33-9-14-50-45(33)53-47)46(59)54-66(62,63)37-4-6-40(42(26-37)58(60)61)51-28-31-10-20-64-21-11-31/h3-6,8-9,13-14,23-26,29,31,51H,7,10-12,15-22,27-28,30H2,1-2H3,(H,49,52)(H,50,53)(H,54,59). The Balaban J connectivity index is 0.910. The number of nitrogens with one attached hydrogen (secondary N) is 4. The van der Waals surface area contributed by atoms with E-state index in [9.17, 15) is 23.3 Å². The first-order valence-electron chi connectivity index (χ1n) is 22.7. The number of amides is 1. The Labute approximate surface area is 382 Å². The minimum absolute atomic E-state index is 0.110. The number of sulfonamides is 1. The minimum atomic E-state index is -4.56. The molecule has 0 saturated carbocycles. The fraction of sp³-hybridized carbons (Fsp3) is 0.396. The van der Waals surface area contributed by atoms with E-state index in [1.54, 1.807) is 12.3 Å². The molecule has 0 spiro atoms. The maximum absolute atomic E-state index is 14.3. The number of benzene rings is 2. The summed E-state index contributed by atoms with van der Waals surface area (Å²) >= 11 is 0. The third kappa shape index (κ3) is 8.91. The predicted octanol–water partition coefficient (Wildman–Crippen LogP) is 7.62. The van der Waals surface area contributed by atoms with Crippen molar-refractivity contribution in [3.63, 3.8) is 0 Å². The van der Waals surface area contributed by atoms with Crippen LogP contribution in [0, 0.1) is 21.4 Å². The number of carbonyl (C=O) groups excluding carboxylic acids is 1. The number of piperazine rings is 1. The van der Waals surface area contributed by atoms with E-state index in [0.29, 0.717) is 49.2 Å². The summed E-state index contributed by atoms with van der Waals surface area (Å²) in [6, 6.07) is 17.3. The molecule has 2 fully saturated rings. The summed E-state index contributed by atoms with van der Waals surface area (Å²) < 4.78 is 41.5. The van der Waals surface area contributed by atoms with E-state index in [1.165, 1.54) is 28.8 Å². The monoisotopic (exact) mass is 914 g/mol. The summed E-state index contributed by atoms with van der Waals surface area (Å²) in [4.78, 5) is 48.0. The number of fused-ring (bicyclic) bond motifs is 3. The third-order valence-electron chi connectivity index (χ3n) is 13.6. The van der Waals surface area contributed by atoms with Crippen LogP contribution in [0.25, 0.3) is 27.6 Å². The number of nitro groups is 1. The topological polar surface area (TPSA) is 204 Å². The Bertz CT molecular complexity index is 2970. The number of hydrogen-bond acceptors (Lipinski definition) is 13. The first-order chi connectivity index (χ1) is 31.9. The van der Waals surface area contributed by atoms with E-state index in [2.05, 4.69) is 55.8 Å². The molecule has 3 aliphatic heterocycles. The molecule has 66 heavy (non-hydrogen) atoms. The average Bonchev–Trinajstić information content (AvgIpc) is 4.00. The van der Waals surface area contributed by atoms with Crippen LogP contribution in [0.3, 0.4) is 0 Å². The molecule has 1 aliphatic carbocycles. The number of rotatable bonds is 12. The highest BCUT2D eigenvalue weighted by molar-refractivity contribution is 7.90. The van der Waals surface area contributed by atoms with Gasteiger partial charge in [0.2, 0.25) is 5.88 Å². The number of carbonyl (C=O) groups is 1. The van der Waals surface area contributed by atoms with Crippen molar-refractivity contribution in [2.45, 2.75) is 50.8 Å². The van der Waals surface area contributed by atoms with Gasteiger partial charge in [-0.25, -0.2) is 18.1 Å². The van der Waals surface area contributed by atoms with Gasteiger partial charge in [0.1, 0.15) is 29.3 Å². The third-order valence-corrected chi connectivity index (χ3v) is 14.9. The Morgan fingerprint density at radius 2 is 1.70 bits per heavy atom. The van der Waals surface area contributed by atoms with Crippen LogP contribution in [0.1, 0.15) is 61.9 Å². The summed E-state index contributed by atoms with van der Waals surface area (Å²) in [6.45, 7) is 11.1. The van der Waals surface area contributed by atoms with Gasteiger partial charge >= 0.3 is 0 Å². The van der Waals surface area contributed by atoms with Crippen molar-refractivity contribution >= 4 is 72.0 Å². The summed E-state index contributed by atoms with van der Waals surface area (Å²) in [7, 11) is -4.56. The lowest BCUT2D eigenvalue weighted by molar-refractivity contribution is -0.384. The van der Waals surface area contributed by atoms with Crippen molar-refractivity contribution in [1.82, 2.24) is 29.6 Å². The highest BCUT2D eigenvalue weighted by Gasteiger charge is 2.32. The van der Waals surface area contributed by atoms with Crippen LogP contribution < -0.4 is 24.6 Å². The average molecular weight is 915 g/mol. The van der Waals surface area contributed by atoms with Gasteiger partial charge in [-0.1, -0.05) is 19.4 Å². The number of H-pyrrole nitrogens is 2. The first-order valence-corrected chi connectivity index (χ1v) is 24.2. The lowest BCUT2D eigenvalue weighted by Gasteiger charge is -2.39. The van der Waals surface area contributed by atoms with Crippen molar-refractivity contribution in [3.05, 3.63) is 106 Å². The Kier molecular flexibility index (Phi) is 11.6. The molecule has 2 aromatic carbocycles. The largest absolute Gasteiger partial charge is 0.474 e. The minimum Gasteiger partial charge on any atom is -0.474 e. The molecule has 7 heterocycles. The van der Waals surface area contributed by atoms with Crippen molar-refractivity contribution in [2.24, 2.45) is 11.3 Å². The molecule has 17 nitrogen and oxygen atoms in total. The van der Waals surface area contributed by atoms with Gasteiger partial charge in [0.25, 0.3) is 21.6 Å². The lowest BCUT2D eigenvalue weighted by atomic mass is 9.72. The van der Waals surface area contributed by atoms with E-state index < -0.39 is 31.4 Å². The number of anilines is 4. The van der Waals surface area contributed by atoms with Crippen LogP contribution >= 0.6 is 0 Å². The number of aromatic nitrogens is 4. The fourth-order valence-electron chi connectivity index (χ4n) is 9.76. The molecule has 6 aromatic rings. The number of aromatic amines is 2. The lowest BCUT2D eigenvalue weighted by Crippen LogP contribution is -2.47. The first kappa shape index (κ1) is 43.4. The Morgan fingerprint density at radius 3 is 2.48 bits per heavy atom. The van der Waals surface area contributed by atoms with Crippen molar-refractivity contribution < 1.29 is 27.6 Å². The second kappa shape index (κ2) is 17.7. The molecule has 18 heteroatoms. The summed E-state index contributed by atoms with van der Waals surface area (Å²) in [5, 5.41) is 17.3. The van der Waals surface area contributed by atoms with Crippen LogP contribution in [0.2, 0.25) is 0 Å². The number of hydrogen-bond donors (Lipinski definition) is 4. The van der Waals surface area contributed by atoms with Crippen molar-refractivity contribution in [1.29, 1.82) is 0 Å². The number of nitrogens with zero attached hydrogens (tertiary/aromatic N) is 6. The number of ether oxygens (including phenoxy) is 2. The van der Waals surface area contributed by atoms with Crippen LogP contribution in [-0.4, -0.2) is 110 Å². The zero-order chi connectivity index (χ0) is 45.6. The highest BCUT2D eigenvalue weighted by atomic mass is 32.2. The zero-order valence-electron chi connectivity index (χ0n) is 37.1. The molecule has 4 N–H and O–H groups in total. The Hall–Kier alpha value is -6.50. The van der Waals surface area contributed by atoms with E-state index in [-0.39, 0.29) is 29.2 Å². The maximum Gasteiger partial charge on any atom is 0.293 e. The SMILES string of the molecule is CC1(C)CCC(CN2CCN(c3ccc(C(=O)NS(=O)(=O)c4ccc(NCC5CCOCC5)c([N+](=O)[O-])c4)c(N4CCOc5nc6[nH]ccc6cc54)c3)CC2)=C(c2cnc3[nH]ccc3c2)C1. The number of nitro benzene ring substituents is 1. The van der Waals surface area contributed by atoms with E-state index in [0.717, 1.165) is 93.0 Å². The summed E-state index contributed by atoms with van der Waals surface area (Å²) in [6.07, 6.45) is 10.6. The van der Waals surface area contributed by atoms with Gasteiger partial charge < -0.3 is 34.6 Å². The van der Waals surface area contributed by atoms with Gasteiger partial charge in [-0.05, 0) is 109 Å². The van der Waals surface area contributed by atoms with Crippen molar-refractivity contribution in [2.75, 3.05) is 80.8 Å². The van der Waals surface area contributed by atoms with Gasteiger partial charge in [0.15, 0.2) is 0 Å². The number of pyridine rings is 2. The van der Waals surface area contributed by atoms with Gasteiger partial charge in [0.05, 0.1) is 27.6 Å². The van der Waals surface area contributed by atoms with Gasteiger partial charge in [-0.3, -0.25) is 19.8 Å². The van der Waals surface area contributed by atoms with Gasteiger partial charge in [-0.2, -0.15) is 4.98 Å². The number of allylic oxidation sites excluding steroid dienone is 1. The normalized spacial score (nSPS) is 18.3. The van der Waals surface area contributed by atoms with Crippen LogP contribution in [0.5, 0.6) is 5.88 Å². The van der Waals surface area contributed by atoms with E-state index >= 15 is 0 Å². The molecule has 344 valence electrons. The Morgan fingerprint density at radius 1 is 0.924 bits per heavy atom. The molecule has 1 amide bonds. The molecule has 0 radical (unpaired) electrons. The fourth-order valence-corrected chi connectivity index (χ4v) is 10.7. The highest BCUT2D eigenvalue weighted by Crippen LogP contribution is 2.44. The second-order valence-corrected chi connectivity index (χ2v) is 20.2. The molecule has 0 unspecified atom stereocenters. The maximum atomic E-state index is 14.3. The molecular formula is C48H54N10O7S. The smallest absolute Gasteiger partial charge is 0.293 e. The van der Waals surface area contributed by atoms with Gasteiger partial charge in [0, 0.05) is 93.6 Å². The quantitative estimate of drug-likeness (QED) is 0.0690. The summed E-state index contributed by atoms with van der Waals surface area (Å²) in [5.41, 5.74) is 7.73. The molecule has 0 bridgehead atoms. The molecular weight excluding hydrogens is 861 g/mol. The van der Waals surface area contributed by atoms with Crippen molar-refractivity contribution in [3.8, 4) is 5.88 Å². The molecule has 10 rings (SSSR count). The van der Waals surface area contributed by atoms with Crippen LogP contribution in [0.4, 0.5) is 28.4 Å².